The van der Waals surface area contributed by atoms with Crippen molar-refractivity contribution in [3.05, 3.63) is 39.9 Å². The molecule has 0 saturated heterocycles. The maximum Gasteiger partial charge on any atom is 0.134 e. The molecule has 3 rings (SSSR count). The first-order valence-electron chi connectivity index (χ1n) is 7.15. The summed E-state index contributed by atoms with van der Waals surface area (Å²) in [6.07, 6.45) is 6.12. The molecule has 2 aliphatic rings. The maximum atomic E-state index is 2.50. The molecular weight excluding hydrogens is 215 g/mol. The maximum absolute atomic E-state index is 2.50. The zero-order chi connectivity index (χ0) is 13.1. The van der Waals surface area contributed by atoms with Crippen LogP contribution in [0.3, 0.4) is 0 Å². The van der Waals surface area contributed by atoms with Crippen molar-refractivity contribution in [2.24, 2.45) is 0 Å². The van der Waals surface area contributed by atoms with Crippen molar-refractivity contribution in [1.82, 2.24) is 0 Å². The van der Waals surface area contributed by atoms with Gasteiger partial charge in [0.2, 0.25) is 0 Å². The lowest BCUT2D eigenvalue weighted by atomic mass is 9.62. The average Bonchev–Trinajstić information content (AvgIpc) is 2.62. The van der Waals surface area contributed by atoms with Crippen LogP contribution in [-0.2, 0) is 17.3 Å². The van der Waals surface area contributed by atoms with E-state index in [9.17, 15) is 0 Å². The van der Waals surface area contributed by atoms with Crippen molar-refractivity contribution in [1.29, 1.82) is 0 Å². The lowest BCUT2D eigenvalue weighted by molar-refractivity contribution is 0.331. The van der Waals surface area contributed by atoms with Gasteiger partial charge >= 0.3 is 0 Å². The molecule has 0 radical (unpaired) electrons. The van der Waals surface area contributed by atoms with E-state index in [-0.39, 0.29) is 0 Å². The van der Waals surface area contributed by atoms with Crippen LogP contribution in [0.2, 0.25) is 0 Å². The van der Waals surface area contributed by atoms with Gasteiger partial charge in [0.25, 0.3) is 0 Å². The minimum absolute atomic E-state index is 0.338. The van der Waals surface area contributed by atoms with Gasteiger partial charge in [-0.25, -0.2) is 0 Å². The van der Waals surface area contributed by atoms with Gasteiger partial charge < -0.3 is 0 Å². The summed E-state index contributed by atoms with van der Waals surface area (Å²) in [7, 11) is 2.25. The fourth-order valence-corrected chi connectivity index (χ4v) is 3.58. The van der Waals surface area contributed by atoms with Crippen molar-refractivity contribution in [2.45, 2.75) is 57.8 Å². The van der Waals surface area contributed by atoms with Gasteiger partial charge in [0.05, 0.1) is 0 Å². The van der Waals surface area contributed by atoms with E-state index < -0.39 is 0 Å². The number of allylic oxidation sites excluding steroid dienone is 1. The largest absolute Gasteiger partial charge is 0.134 e. The summed E-state index contributed by atoms with van der Waals surface area (Å²) in [6.45, 7) is 9.61. The van der Waals surface area contributed by atoms with E-state index >= 15 is 0 Å². The highest BCUT2D eigenvalue weighted by Gasteiger charge is 2.37. The summed E-state index contributed by atoms with van der Waals surface area (Å²) in [6, 6.07) is 4.97. The fourth-order valence-electron chi connectivity index (χ4n) is 3.58. The fraction of sp³-hybridized carbons (Fsp3) is 0.529. The summed E-state index contributed by atoms with van der Waals surface area (Å²) in [4.78, 5) is 0. The summed E-state index contributed by atoms with van der Waals surface area (Å²) in [5, 5.41) is 0. The third-order valence-electron chi connectivity index (χ3n) is 4.98. The molecule has 1 heteroatoms. The minimum atomic E-state index is 0.338. The van der Waals surface area contributed by atoms with Crippen molar-refractivity contribution in [3.8, 4) is 0 Å². The Morgan fingerprint density at radius 2 is 1.50 bits per heavy atom. The minimum Gasteiger partial charge on any atom is -0.105 e. The van der Waals surface area contributed by atoms with Gasteiger partial charge in [0.15, 0.2) is 0 Å². The molecule has 0 aromatic heterocycles. The Bertz CT molecular complexity index is 547. The molecule has 0 atom stereocenters. The second-order valence-electron chi connectivity index (χ2n) is 7.53. The molecule has 0 nitrogen and oxygen atoms in total. The quantitative estimate of drug-likeness (QED) is 0.606. The second-order valence-corrected chi connectivity index (χ2v) is 7.53. The number of fused-ring (bicyclic) bond motifs is 2. The van der Waals surface area contributed by atoms with Gasteiger partial charge in [-0.3, -0.25) is 0 Å². The Morgan fingerprint density at radius 1 is 0.944 bits per heavy atom. The molecule has 94 valence electrons. The molecule has 1 aromatic carbocycles. The van der Waals surface area contributed by atoms with Crippen LogP contribution in [-0.4, -0.2) is 7.85 Å². The first-order chi connectivity index (χ1) is 8.29. The monoisotopic (exact) mass is 238 g/mol. The van der Waals surface area contributed by atoms with Crippen LogP contribution < -0.4 is 0 Å². The summed E-state index contributed by atoms with van der Waals surface area (Å²) >= 11 is 0. The summed E-state index contributed by atoms with van der Waals surface area (Å²) in [5.41, 5.74) is 8.38. The molecule has 0 heterocycles. The molecule has 2 aliphatic carbocycles. The van der Waals surface area contributed by atoms with Gasteiger partial charge in [-0.2, -0.15) is 0 Å². The van der Waals surface area contributed by atoms with Crippen LogP contribution in [0, 0.1) is 0 Å². The Balaban J connectivity index is 2.23. The molecule has 1 aromatic rings. The number of hydrogen-bond donors (Lipinski definition) is 0. The molecule has 0 unspecified atom stereocenters. The lowest BCUT2D eigenvalue weighted by Crippen LogP contribution is -2.34. The van der Waals surface area contributed by atoms with Gasteiger partial charge in [-0.1, -0.05) is 45.9 Å². The zero-order valence-corrected chi connectivity index (χ0v) is 12.4. The Morgan fingerprint density at radius 3 is 2.11 bits per heavy atom. The topological polar surface area (TPSA) is 0 Å². The van der Waals surface area contributed by atoms with Gasteiger partial charge in [-0.05, 0) is 52.3 Å². The van der Waals surface area contributed by atoms with E-state index in [1.165, 1.54) is 29.4 Å². The van der Waals surface area contributed by atoms with Crippen LogP contribution >= 0.6 is 0 Å². The highest BCUT2D eigenvalue weighted by Crippen LogP contribution is 2.47. The predicted molar refractivity (Wildman–Crippen MR) is 82.0 cm³/mol. The SMILES string of the molecule is BC1=Cc2cc3c(cc2C1)C(C)(C)CCC3(C)C. The smallest absolute Gasteiger partial charge is 0.105 e. The average molecular weight is 238 g/mol. The number of benzene rings is 1. The molecule has 0 saturated carbocycles. The van der Waals surface area contributed by atoms with E-state index in [0.29, 0.717) is 10.8 Å². The van der Waals surface area contributed by atoms with Crippen LogP contribution in [0.5, 0.6) is 0 Å². The van der Waals surface area contributed by atoms with Crippen LogP contribution in [0.25, 0.3) is 6.08 Å². The summed E-state index contributed by atoms with van der Waals surface area (Å²) in [5.74, 6) is 0. The van der Waals surface area contributed by atoms with Crippen molar-refractivity contribution >= 4 is 13.9 Å². The molecule has 0 spiro atoms. The molecule has 0 amide bonds. The normalized spacial score (nSPS) is 23.2. The molecule has 0 N–H and O–H groups in total. The third kappa shape index (κ3) is 1.67. The Labute approximate surface area is 112 Å². The van der Waals surface area contributed by atoms with Gasteiger partial charge in [-0.15, -0.1) is 5.47 Å². The van der Waals surface area contributed by atoms with Crippen molar-refractivity contribution in [3.63, 3.8) is 0 Å². The van der Waals surface area contributed by atoms with Gasteiger partial charge in [0, 0.05) is 0 Å². The Kier molecular flexibility index (Phi) is 2.37. The molecule has 0 bridgehead atoms. The molecule has 0 fully saturated rings. The standard InChI is InChI=1S/C17H23B/c1-16(2)5-6-17(3,4)15-10-12-8-13(18)7-11(12)9-14(15)16/h7,9-10H,5-6,8,18H2,1-4H3. The lowest BCUT2D eigenvalue weighted by Gasteiger charge is -2.42. The van der Waals surface area contributed by atoms with Gasteiger partial charge in [0.1, 0.15) is 7.85 Å². The molecule has 0 aliphatic heterocycles. The van der Waals surface area contributed by atoms with Crippen LogP contribution in [0.15, 0.2) is 17.6 Å². The first-order valence-corrected chi connectivity index (χ1v) is 7.15. The molecule has 18 heavy (non-hydrogen) atoms. The van der Waals surface area contributed by atoms with E-state index in [4.69, 9.17) is 0 Å². The zero-order valence-electron chi connectivity index (χ0n) is 12.4. The summed E-state index contributed by atoms with van der Waals surface area (Å²) < 4.78 is 0. The van der Waals surface area contributed by atoms with Crippen molar-refractivity contribution in [2.75, 3.05) is 0 Å². The van der Waals surface area contributed by atoms with E-state index in [1.807, 2.05) is 0 Å². The number of hydrogen-bond acceptors (Lipinski definition) is 0. The van der Waals surface area contributed by atoms with E-state index in [2.05, 4.69) is 53.7 Å². The Hall–Kier alpha value is -0.975. The van der Waals surface area contributed by atoms with E-state index in [1.54, 1.807) is 11.1 Å². The second kappa shape index (κ2) is 3.53. The first kappa shape index (κ1) is 12.1. The van der Waals surface area contributed by atoms with Crippen molar-refractivity contribution < 1.29 is 0 Å². The highest BCUT2D eigenvalue weighted by atomic mass is 14.4. The van der Waals surface area contributed by atoms with Crippen LogP contribution in [0.4, 0.5) is 0 Å². The highest BCUT2D eigenvalue weighted by molar-refractivity contribution is 6.25. The molecular formula is C17H23B. The van der Waals surface area contributed by atoms with Crippen LogP contribution in [0.1, 0.15) is 62.8 Å². The predicted octanol–water partition coefficient (Wildman–Crippen LogP) is 3.57. The van der Waals surface area contributed by atoms with E-state index in [0.717, 1.165) is 6.42 Å². The third-order valence-corrected chi connectivity index (χ3v) is 4.98. The number of rotatable bonds is 0.